The normalized spacial score (nSPS) is 27.5. The highest BCUT2D eigenvalue weighted by molar-refractivity contribution is 5.91. The van der Waals surface area contributed by atoms with Crippen LogP contribution in [0.3, 0.4) is 0 Å². The van der Waals surface area contributed by atoms with Crippen molar-refractivity contribution < 1.29 is 4.79 Å². The lowest BCUT2D eigenvalue weighted by atomic mass is 9.84. The van der Waals surface area contributed by atoms with Crippen LogP contribution >= 0.6 is 0 Å². The fraction of sp³-hybridized carbons (Fsp3) is 0.647. The zero-order valence-corrected chi connectivity index (χ0v) is 13.9. The summed E-state index contributed by atoms with van der Waals surface area (Å²) in [7, 11) is 0. The van der Waals surface area contributed by atoms with Gasteiger partial charge in [0.25, 0.3) is 11.7 Å². The molecule has 2 aromatic heterocycles. The van der Waals surface area contributed by atoms with Crippen LogP contribution in [0.15, 0.2) is 6.07 Å². The van der Waals surface area contributed by atoms with E-state index in [0.717, 1.165) is 23.2 Å². The summed E-state index contributed by atoms with van der Waals surface area (Å²) in [5.74, 6) is 2.78. The van der Waals surface area contributed by atoms with Crippen LogP contribution in [0.4, 0.5) is 0 Å². The topological polar surface area (TPSA) is 72.2 Å². The van der Waals surface area contributed by atoms with Crippen molar-refractivity contribution in [2.75, 3.05) is 0 Å². The Labute approximate surface area is 135 Å². The molecule has 2 saturated carbocycles. The Balaban J connectivity index is 1.51. The summed E-state index contributed by atoms with van der Waals surface area (Å²) >= 11 is 0. The Morgan fingerprint density at radius 1 is 1.30 bits per heavy atom. The minimum atomic E-state index is -0.192. The van der Waals surface area contributed by atoms with Gasteiger partial charge < -0.3 is 5.32 Å². The van der Waals surface area contributed by atoms with Crippen LogP contribution in [-0.2, 0) is 0 Å². The average Bonchev–Trinajstić information content (AvgIpc) is 3.21. The molecule has 23 heavy (non-hydrogen) atoms. The van der Waals surface area contributed by atoms with E-state index in [1.807, 2.05) is 19.9 Å². The minimum absolute atomic E-state index is 0.181. The fourth-order valence-electron chi connectivity index (χ4n) is 4.55. The largest absolute Gasteiger partial charge is 0.347 e. The number of amides is 1. The Hall–Kier alpha value is -1.98. The third kappa shape index (κ3) is 2.50. The summed E-state index contributed by atoms with van der Waals surface area (Å²) in [4.78, 5) is 21.1. The van der Waals surface area contributed by atoms with Crippen molar-refractivity contribution in [3.63, 3.8) is 0 Å². The number of nitrogens with zero attached hydrogens (tertiary/aromatic N) is 4. The number of rotatable bonds is 3. The van der Waals surface area contributed by atoms with Gasteiger partial charge in [0, 0.05) is 17.4 Å². The number of fused-ring (bicyclic) bond motifs is 3. The zero-order valence-electron chi connectivity index (χ0n) is 13.9. The van der Waals surface area contributed by atoms with E-state index in [1.165, 1.54) is 25.7 Å². The summed E-state index contributed by atoms with van der Waals surface area (Å²) in [6.07, 6.45) is 5.30. The maximum Gasteiger partial charge on any atom is 0.291 e. The second-order valence-electron chi connectivity index (χ2n) is 7.29. The first-order valence-corrected chi connectivity index (χ1v) is 8.53. The predicted octanol–water partition coefficient (Wildman–Crippen LogP) is 2.30. The lowest BCUT2D eigenvalue weighted by Gasteiger charge is -2.28. The SMILES string of the molecule is Cc1cc(C)n2nc(C(=O)N[C@H](C)[C@@H]3C[C@@H]4CC[C@@H]3C4)nc2n1. The van der Waals surface area contributed by atoms with Gasteiger partial charge in [0.1, 0.15) is 0 Å². The van der Waals surface area contributed by atoms with Gasteiger partial charge in [0.2, 0.25) is 5.82 Å². The minimum Gasteiger partial charge on any atom is -0.347 e. The number of carbonyl (C=O) groups is 1. The van der Waals surface area contributed by atoms with E-state index >= 15 is 0 Å². The second-order valence-corrected chi connectivity index (χ2v) is 7.29. The average molecular weight is 313 g/mol. The van der Waals surface area contributed by atoms with Gasteiger partial charge >= 0.3 is 0 Å². The van der Waals surface area contributed by atoms with Crippen LogP contribution in [0, 0.1) is 31.6 Å². The molecule has 0 radical (unpaired) electrons. The van der Waals surface area contributed by atoms with Crippen molar-refractivity contribution in [3.05, 3.63) is 23.3 Å². The smallest absolute Gasteiger partial charge is 0.291 e. The van der Waals surface area contributed by atoms with E-state index in [0.29, 0.717) is 11.7 Å². The van der Waals surface area contributed by atoms with Crippen molar-refractivity contribution in [1.82, 2.24) is 24.9 Å². The maximum atomic E-state index is 12.5. The Kier molecular flexibility index (Phi) is 3.36. The van der Waals surface area contributed by atoms with E-state index < -0.39 is 0 Å². The van der Waals surface area contributed by atoms with E-state index in [1.54, 1.807) is 4.52 Å². The molecular formula is C17H23N5O. The Morgan fingerprint density at radius 2 is 2.13 bits per heavy atom. The summed E-state index contributed by atoms with van der Waals surface area (Å²) in [6.45, 7) is 5.97. The number of aryl methyl sites for hydroxylation is 2. The van der Waals surface area contributed by atoms with Crippen molar-refractivity contribution in [2.45, 2.75) is 52.5 Å². The summed E-state index contributed by atoms with van der Waals surface area (Å²) < 4.78 is 1.63. The first kappa shape index (κ1) is 14.6. The third-order valence-corrected chi connectivity index (χ3v) is 5.62. The molecule has 2 aliphatic carbocycles. The third-order valence-electron chi connectivity index (χ3n) is 5.62. The maximum absolute atomic E-state index is 12.5. The molecule has 2 bridgehead atoms. The van der Waals surface area contributed by atoms with Gasteiger partial charge in [0.05, 0.1) is 0 Å². The molecule has 122 valence electrons. The van der Waals surface area contributed by atoms with Crippen LogP contribution in [0.5, 0.6) is 0 Å². The quantitative estimate of drug-likeness (QED) is 0.943. The van der Waals surface area contributed by atoms with Crippen LogP contribution in [0.25, 0.3) is 5.78 Å². The molecule has 1 amide bonds. The van der Waals surface area contributed by atoms with Gasteiger partial charge in [-0.05, 0) is 63.9 Å². The Morgan fingerprint density at radius 3 is 2.83 bits per heavy atom. The van der Waals surface area contributed by atoms with Gasteiger partial charge in [-0.1, -0.05) is 6.42 Å². The standard InChI is InChI=1S/C17H23N5O/c1-9-6-10(2)22-17(18-9)20-15(21-22)16(23)19-11(3)14-8-12-4-5-13(14)7-12/h6,11-14H,4-5,7-8H2,1-3H3,(H,19,23)/t11-,12-,13-,14+/m1/s1. The highest BCUT2D eigenvalue weighted by Gasteiger charge is 2.42. The summed E-state index contributed by atoms with van der Waals surface area (Å²) in [5, 5.41) is 7.42. The number of carbonyl (C=O) groups excluding carboxylic acids is 1. The van der Waals surface area contributed by atoms with Crippen LogP contribution in [0.2, 0.25) is 0 Å². The lowest BCUT2D eigenvalue weighted by molar-refractivity contribution is 0.0905. The van der Waals surface area contributed by atoms with Crippen molar-refractivity contribution >= 4 is 11.7 Å². The van der Waals surface area contributed by atoms with Gasteiger partial charge in [-0.15, -0.1) is 5.10 Å². The van der Waals surface area contributed by atoms with Crippen molar-refractivity contribution in [3.8, 4) is 0 Å². The van der Waals surface area contributed by atoms with E-state index in [4.69, 9.17) is 0 Å². The number of nitrogens with one attached hydrogen (secondary N) is 1. The molecule has 0 unspecified atom stereocenters. The molecule has 4 atom stereocenters. The highest BCUT2D eigenvalue weighted by Crippen LogP contribution is 2.49. The molecule has 4 rings (SSSR count). The van der Waals surface area contributed by atoms with E-state index in [9.17, 15) is 4.79 Å². The molecule has 2 heterocycles. The van der Waals surface area contributed by atoms with Crippen molar-refractivity contribution in [1.29, 1.82) is 0 Å². The molecule has 2 aliphatic rings. The second kappa shape index (κ2) is 5.28. The molecule has 0 aromatic carbocycles. The van der Waals surface area contributed by atoms with Crippen molar-refractivity contribution in [2.24, 2.45) is 17.8 Å². The van der Waals surface area contributed by atoms with Gasteiger partial charge in [-0.2, -0.15) is 4.98 Å². The van der Waals surface area contributed by atoms with Crippen LogP contribution in [-0.4, -0.2) is 31.5 Å². The van der Waals surface area contributed by atoms with E-state index in [2.05, 4.69) is 27.3 Å². The zero-order chi connectivity index (χ0) is 16.1. The number of hydrogen-bond acceptors (Lipinski definition) is 4. The Bertz CT molecular complexity index is 768. The lowest BCUT2D eigenvalue weighted by Crippen LogP contribution is -2.40. The first-order valence-electron chi connectivity index (χ1n) is 8.53. The van der Waals surface area contributed by atoms with Gasteiger partial charge in [-0.25, -0.2) is 9.50 Å². The molecule has 2 fully saturated rings. The molecule has 6 heteroatoms. The molecule has 0 spiro atoms. The monoisotopic (exact) mass is 313 g/mol. The first-order chi connectivity index (χ1) is 11.0. The number of hydrogen-bond donors (Lipinski definition) is 1. The van der Waals surface area contributed by atoms with Crippen LogP contribution in [0.1, 0.15) is 54.6 Å². The predicted molar refractivity (Wildman–Crippen MR) is 86.1 cm³/mol. The summed E-state index contributed by atoms with van der Waals surface area (Å²) in [5.41, 5.74) is 1.81. The highest BCUT2D eigenvalue weighted by atomic mass is 16.2. The van der Waals surface area contributed by atoms with Crippen LogP contribution < -0.4 is 5.32 Å². The van der Waals surface area contributed by atoms with E-state index in [-0.39, 0.29) is 17.8 Å². The molecule has 1 N–H and O–H groups in total. The molecular weight excluding hydrogens is 290 g/mol. The van der Waals surface area contributed by atoms with Gasteiger partial charge in [-0.3, -0.25) is 4.79 Å². The fourth-order valence-corrected chi connectivity index (χ4v) is 4.55. The summed E-state index contributed by atoms with van der Waals surface area (Å²) in [6, 6.07) is 2.11. The molecule has 2 aromatic rings. The molecule has 6 nitrogen and oxygen atoms in total. The number of aromatic nitrogens is 4. The van der Waals surface area contributed by atoms with Gasteiger partial charge in [0.15, 0.2) is 0 Å². The molecule has 0 saturated heterocycles. The molecule has 0 aliphatic heterocycles.